The number of aryl methyl sites for hydroxylation is 3. The lowest BCUT2D eigenvalue weighted by Gasteiger charge is -2.34. The van der Waals surface area contributed by atoms with E-state index in [2.05, 4.69) is 56.6 Å². The molecule has 0 aliphatic carbocycles. The highest BCUT2D eigenvalue weighted by Gasteiger charge is 2.23. The first kappa shape index (κ1) is 21.3. The van der Waals surface area contributed by atoms with Gasteiger partial charge < -0.3 is 13.8 Å². The highest BCUT2D eigenvalue weighted by molar-refractivity contribution is 5.76. The fourth-order valence-corrected chi connectivity index (χ4v) is 4.20. The molecule has 33 heavy (non-hydrogen) atoms. The van der Waals surface area contributed by atoms with Gasteiger partial charge in [-0.2, -0.15) is 4.98 Å². The Balaban J connectivity index is 1.13. The number of hydrogen-bond acceptors (Lipinski definition) is 7. The molecule has 0 spiro atoms. The third-order valence-corrected chi connectivity index (χ3v) is 6.09. The Kier molecular flexibility index (Phi) is 5.87. The van der Waals surface area contributed by atoms with Crippen LogP contribution in [0.5, 0.6) is 0 Å². The summed E-state index contributed by atoms with van der Waals surface area (Å²) < 4.78 is 7.47. The third-order valence-electron chi connectivity index (χ3n) is 6.09. The van der Waals surface area contributed by atoms with Crippen LogP contribution in [0.3, 0.4) is 0 Å². The monoisotopic (exact) mass is 445 g/mol. The molecule has 9 heteroatoms. The van der Waals surface area contributed by atoms with Crippen molar-refractivity contribution >= 4 is 11.6 Å². The average molecular weight is 446 g/mol. The van der Waals surface area contributed by atoms with E-state index < -0.39 is 0 Å². The van der Waals surface area contributed by atoms with Gasteiger partial charge in [-0.25, -0.2) is 4.98 Å². The topological polar surface area (TPSA) is 92.7 Å². The number of hydrogen-bond donors (Lipinski definition) is 0. The molecular weight excluding hydrogens is 418 g/mol. The van der Waals surface area contributed by atoms with Crippen LogP contribution in [0.4, 0.5) is 0 Å². The Hall–Kier alpha value is -3.59. The molecule has 5 heterocycles. The second-order valence-electron chi connectivity index (χ2n) is 8.46. The Morgan fingerprint density at radius 1 is 1.09 bits per heavy atom. The van der Waals surface area contributed by atoms with Gasteiger partial charge in [0.25, 0.3) is 0 Å². The van der Waals surface area contributed by atoms with E-state index in [9.17, 15) is 4.79 Å². The number of nitrogens with zero attached hydrogens (tertiary/aromatic N) is 7. The smallest absolute Gasteiger partial charge is 0.227 e. The van der Waals surface area contributed by atoms with Crippen LogP contribution in [0.25, 0.3) is 17.2 Å². The van der Waals surface area contributed by atoms with Gasteiger partial charge in [0.1, 0.15) is 11.3 Å². The maximum atomic E-state index is 12.7. The molecule has 1 aliphatic rings. The third kappa shape index (κ3) is 4.63. The van der Waals surface area contributed by atoms with Gasteiger partial charge in [-0.05, 0) is 43.7 Å². The summed E-state index contributed by atoms with van der Waals surface area (Å²) in [6, 6.07) is 9.75. The Bertz CT molecular complexity index is 1260. The summed E-state index contributed by atoms with van der Waals surface area (Å²) in [5, 5.41) is 3.97. The van der Waals surface area contributed by atoms with Crippen LogP contribution in [-0.4, -0.2) is 66.4 Å². The first-order chi connectivity index (χ1) is 16.1. The van der Waals surface area contributed by atoms with Crippen molar-refractivity contribution in [1.29, 1.82) is 0 Å². The minimum absolute atomic E-state index is 0.119. The molecule has 0 N–H and O–H groups in total. The van der Waals surface area contributed by atoms with E-state index in [4.69, 9.17) is 9.51 Å². The van der Waals surface area contributed by atoms with E-state index in [1.807, 2.05) is 23.1 Å². The predicted octanol–water partition coefficient (Wildman–Crippen LogP) is 2.67. The highest BCUT2D eigenvalue weighted by Crippen LogP contribution is 2.17. The molecule has 1 saturated heterocycles. The molecule has 170 valence electrons. The standard InChI is InChI=1S/C24H27N7O2/c1-17-8-10-31-20(18(2)26-21(31)15-17)16-29-11-13-30(14-12-29)23(32)7-6-22-27-24(28-33-22)19-5-3-4-9-25-19/h3-5,8-10,15H,6-7,11-14,16H2,1-2H3. The summed E-state index contributed by atoms with van der Waals surface area (Å²) in [7, 11) is 0. The molecule has 1 fully saturated rings. The van der Waals surface area contributed by atoms with E-state index in [0.717, 1.165) is 44.1 Å². The first-order valence-electron chi connectivity index (χ1n) is 11.2. The summed E-state index contributed by atoms with van der Waals surface area (Å²) in [4.78, 5) is 30.3. The van der Waals surface area contributed by atoms with Gasteiger partial charge >= 0.3 is 0 Å². The normalized spacial score (nSPS) is 14.8. The van der Waals surface area contributed by atoms with Crippen LogP contribution in [0.2, 0.25) is 0 Å². The van der Waals surface area contributed by atoms with Crippen molar-refractivity contribution in [1.82, 2.24) is 34.3 Å². The summed E-state index contributed by atoms with van der Waals surface area (Å²) >= 11 is 0. The Labute approximate surface area is 192 Å². The van der Waals surface area contributed by atoms with Crippen LogP contribution in [-0.2, 0) is 17.8 Å². The second-order valence-corrected chi connectivity index (χ2v) is 8.46. The summed E-state index contributed by atoms with van der Waals surface area (Å²) in [6.07, 6.45) is 4.57. The number of rotatable bonds is 6. The van der Waals surface area contributed by atoms with E-state index in [0.29, 0.717) is 30.3 Å². The van der Waals surface area contributed by atoms with Crippen molar-refractivity contribution in [3.63, 3.8) is 0 Å². The molecule has 0 aromatic carbocycles. The first-order valence-corrected chi connectivity index (χ1v) is 11.2. The number of pyridine rings is 2. The maximum Gasteiger partial charge on any atom is 0.227 e. The van der Waals surface area contributed by atoms with Crippen LogP contribution in [0, 0.1) is 13.8 Å². The number of imidazole rings is 1. The minimum atomic E-state index is 0.119. The van der Waals surface area contributed by atoms with Gasteiger partial charge in [0.05, 0.1) is 11.4 Å². The lowest BCUT2D eigenvalue weighted by Crippen LogP contribution is -2.48. The fourth-order valence-electron chi connectivity index (χ4n) is 4.20. The van der Waals surface area contributed by atoms with Crippen molar-refractivity contribution in [2.45, 2.75) is 33.2 Å². The lowest BCUT2D eigenvalue weighted by molar-refractivity contribution is -0.133. The number of piperazine rings is 1. The molecule has 4 aromatic rings. The largest absolute Gasteiger partial charge is 0.340 e. The van der Waals surface area contributed by atoms with Crippen LogP contribution in [0.15, 0.2) is 47.2 Å². The van der Waals surface area contributed by atoms with Gasteiger partial charge in [0, 0.05) is 58.0 Å². The summed E-state index contributed by atoms with van der Waals surface area (Å²) in [5.41, 5.74) is 5.13. The zero-order valence-electron chi connectivity index (χ0n) is 18.9. The molecule has 0 bridgehead atoms. The number of amides is 1. The highest BCUT2D eigenvalue weighted by atomic mass is 16.5. The van der Waals surface area contributed by atoms with Crippen molar-refractivity contribution in [3.05, 3.63) is 65.6 Å². The molecule has 9 nitrogen and oxygen atoms in total. The average Bonchev–Trinajstić information content (AvgIpc) is 3.43. The van der Waals surface area contributed by atoms with Crippen LogP contribution < -0.4 is 0 Å². The zero-order valence-corrected chi connectivity index (χ0v) is 18.9. The molecule has 1 aliphatic heterocycles. The fraction of sp³-hybridized carbons (Fsp3) is 0.375. The predicted molar refractivity (Wildman–Crippen MR) is 122 cm³/mol. The van der Waals surface area contributed by atoms with Crippen molar-refractivity contribution < 1.29 is 9.32 Å². The summed E-state index contributed by atoms with van der Waals surface area (Å²) in [6.45, 7) is 8.10. The Morgan fingerprint density at radius 2 is 1.94 bits per heavy atom. The van der Waals surface area contributed by atoms with Gasteiger partial charge in [0.15, 0.2) is 0 Å². The zero-order chi connectivity index (χ0) is 22.8. The van der Waals surface area contributed by atoms with Gasteiger partial charge in [-0.15, -0.1) is 0 Å². The minimum Gasteiger partial charge on any atom is -0.340 e. The van der Waals surface area contributed by atoms with Gasteiger partial charge in [-0.3, -0.25) is 14.7 Å². The molecule has 0 radical (unpaired) electrons. The molecule has 0 atom stereocenters. The van der Waals surface area contributed by atoms with E-state index in [1.54, 1.807) is 6.20 Å². The number of aromatic nitrogens is 5. The van der Waals surface area contributed by atoms with Crippen molar-refractivity contribution in [2.75, 3.05) is 26.2 Å². The number of carbonyl (C=O) groups is 1. The molecule has 0 unspecified atom stereocenters. The van der Waals surface area contributed by atoms with E-state index >= 15 is 0 Å². The van der Waals surface area contributed by atoms with E-state index in [1.165, 1.54) is 11.3 Å². The quantitative estimate of drug-likeness (QED) is 0.450. The van der Waals surface area contributed by atoms with Crippen molar-refractivity contribution in [2.24, 2.45) is 0 Å². The summed E-state index contributed by atoms with van der Waals surface area (Å²) in [5.74, 6) is 1.03. The molecule has 5 rings (SSSR count). The molecule has 0 saturated carbocycles. The van der Waals surface area contributed by atoms with Gasteiger partial charge in [0.2, 0.25) is 17.6 Å². The second kappa shape index (κ2) is 9.11. The molecule has 1 amide bonds. The van der Waals surface area contributed by atoms with E-state index in [-0.39, 0.29) is 5.91 Å². The number of carbonyl (C=O) groups excluding carboxylic acids is 1. The Morgan fingerprint density at radius 3 is 2.73 bits per heavy atom. The van der Waals surface area contributed by atoms with Crippen LogP contribution in [0.1, 0.15) is 29.3 Å². The lowest BCUT2D eigenvalue weighted by atomic mass is 10.2. The van der Waals surface area contributed by atoms with Crippen LogP contribution >= 0.6 is 0 Å². The molecular formula is C24H27N7O2. The molecule has 4 aromatic heterocycles. The van der Waals surface area contributed by atoms with Gasteiger partial charge in [-0.1, -0.05) is 11.2 Å². The number of fused-ring (bicyclic) bond motifs is 1. The maximum absolute atomic E-state index is 12.7. The SMILES string of the molecule is Cc1ccn2c(CN3CCN(C(=O)CCc4nc(-c5ccccn5)no4)CC3)c(C)nc2c1. The van der Waals surface area contributed by atoms with Crippen molar-refractivity contribution in [3.8, 4) is 11.5 Å².